The second-order valence-electron chi connectivity index (χ2n) is 2.33. The van der Waals surface area contributed by atoms with Crippen LogP contribution in [0.3, 0.4) is 0 Å². The van der Waals surface area contributed by atoms with Gasteiger partial charge in [0.1, 0.15) is 0 Å². The molecule has 0 saturated carbocycles. The fourth-order valence-corrected chi connectivity index (χ4v) is 1.27. The summed E-state index contributed by atoms with van der Waals surface area (Å²) in [6, 6.07) is 0. The quantitative estimate of drug-likeness (QED) is 0.578. The average Bonchev–Trinajstić information content (AvgIpc) is 2.05. The fraction of sp³-hybridized carbons (Fsp3) is 0.400. The number of thioether (sulfide) groups is 1. The van der Waals surface area contributed by atoms with Crippen molar-refractivity contribution >= 4 is 11.8 Å². The standard InChI is InChI=1S/C10H16S/c1-6-10(7-2)8(3)9(4)11-5/h6-7H,1H2,2-5H3/b9-8-,10-7+. The van der Waals surface area contributed by atoms with Gasteiger partial charge in [0.2, 0.25) is 0 Å². The number of rotatable bonds is 3. The van der Waals surface area contributed by atoms with E-state index in [4.69, 9.17) is 0 Å². The molecule has 0 bridgehead atoms. The molecule has 0 heterocycles. The Hall–Kier alpha value is -0.430. The minimum atomic E-state index is 1.23. The van der Waals surface area contributed by atoms with E-state index in [1.807, 2.05) is 13.0 Å². The maximum Gasteiger partial charge on any atom is -0.0140 e. The normalized spacial score (nSPS) is 14.4. The van der Waals surface area contributed by atoms with Gasteiger partial charge in [-0.1, -0.05) is 18.7 Å². The predicted octanol–water partition coefficient (Wildman–Crippen LogP) is 3.78. The van der Waals surface area contributed by atoms with Crippen LogP contribution < -0.4 is 0 Å². The van der Waals surface area contributed by atoms with Crippen LogP contribution >= 0.6 is 11.8 Å². The SMILES string of the molecule is C=CC(=C\C)/C(C)=C(/C)SC. The summed E-state index contributed by atoms with van der Waals surface area (Å²) in [7, 11) is 0. The summed E-state index contributed by atoms with van der Waals surface area (Å²) >= 11 is 1.78. The zero-order chi connectivity index (χ0) is 8.85. The van der Waals surface area contributed by atoms with Gasteiger partial charge in [-0.05, 0) is 43.1 Å². The molecule has 0 N–H and O–H groups in total. The molecule has 0 radical (unpaired) electrons. The van der Waals surface area contributed by atoms with E-state index in [0.717, 1.165) is 0 Å². The van der Waals surface area contributed by atoms with Gasteiger partial charge in [0.15, 0.2) is 0 Å². The van der Waals surface area contributed by atoms with Crippen LogP contribution in [0, 0.1) is 0 Å². The lowest BCUT2D eigenvalue weighted by Crippen LogP contribution is -1.83. The van der Waals surface area contributed by atoms with E-state index in [1.165, 1.54) is 16.1 Å². The summed E-state index contributed by atoms with van der Waals surface area (Å²) in [5.41, 5.74) is 2.56. The Morgan fingerprint density at radius 1 is 1.36 bits per heavy atom. The molecule has 1 heteroatoms. The van der Waals surface area contributed by atoms with Crippen molar-refractivity contribution in [3.63, 3.8) is 0 Å². The lowest BCUT2D eigenvalue weighted by molar-refractivity contribution is 1.37. The molecular formula is C10H16S. The number of hydrogen-bond acceptors (Lipinski definition) is 1. The smallest absolute Gasteiger partial charge is 0.0140 e. The van der Waals surface area contributed by atoms with Crippen molar-refractivity contribution in [3.05, 3.63) is 34.8 Å². The molecule has 0 aromatic carbocycles. The van der Waals surface area contributed by atoms with Crippen molar-refractivity contribution in [2.45, 2.75) is 20.8 Å². The topological polar surface area (TPSA) is 0 Å². The highest BCUT2D eigenvalue weighted by Gasteiger charge is 1.97. The first-order valence-corrected chi connectivity index (χ1v) is 4.90. The third-order valence-electron chi connectivity index (χ3n) is 1.80. The Morgan fingerprint density at radius 3 is 2.18 bits per heavy atom. The lowest BCUT2D eigenvalue weighted by atomic mass is 10.1. The number of allylic oxidation sites excluding steroid dienone is 5. The highest BCUT2D eigenvalue weighted by molar-refractivity contribution is 8.02. The molecule has 0 aromatic heterocycles. The molecule has 0 unspecified atom stereocenters. The molecule has 0 nitrogen and oxygen atoms in total. The van der Waals surface area contributed by atoms with Gasteiger partial charge in [-0.25, -0.2) is 0 Å². The van der Waals surface area contributed by atoms with Crippen molar-refractivity contribution in [2.24, 2.45) is 0 Å². The van der Waals surface area contributed by atoms with Crippen molar-refractivity contribution in [2.75, 3.05) is 6.26 Å². The molecule has 11 heavy (non-hydrogen) atoms. The Labute approximate surface area is 74.1 Å². The third kappa shape index (κ3) is 2.98. The molecule has 0 aromatic rings. The van der Waals surface area contributed by atoms with Crippen molar-refractivity contribution in [3.8, 4) is 0 Å². The Kier molecular flexibility index (Phi) is 5.05. The Morgan fingerprint density at radius 2 is 1.91 bits per heavy atom. The molecule has 0 spiro atoms. The second-order valence-corrected chi connectivity index (χ2v) is 3.35. The van der Waals surface area contributed by atoms with Gasteiger partial charge >= 0.3 is 0 Å². The minimum Gasteiger partial charge on any atom is -0.134 e. The van der Waals surface area contributed by atoms with Crippen LogP contribution in [0.15, 0.2) is 34.8 Å². The second kappa shape index (κ2) is 5.25. The minimum absolute atomic E-state index is 1.23. The van der Waals surface area contributed by atoms with E-state index >= 15 is 0 Å². The van der Waals surface area contributed by atoms with E-state index in [-0.39, 0.29) is 0 Å². The Balaban J connectivity index is 4.70. The summed E-state index contributed by atoms with van der Waals surface area (Å²) in [5, 5.41) is 0. The maximum absolute atomic E-state index is 3.76. The first kappa shape index (κ1) is 10.6. The molecule has 62 valence electrons. The van der Waals surface area contributed by atoms with E-state index in [1.54, 1.807) is 11.8 Å². The monoisotopic (exact) mass is 168 g/mol. The molecule has 0 fully saturated rings. The van der Waals surface area contributed by atoms with Crippen molar-refractivity contribution < 1.29 is 0 Å². The van der Waals surface area contributed by atoms with E-state index in [0.29, 0.717) is 0 Å². The van der Waals surface area contributed by atoms with Gasteiger partial charge in [0, 0.05) is 0 Å². The molecule has 0 amide bonds. The van der Waals surface area contributed by atoms with Crippen molar-refractivity contribution in [1.29, 1.82) is 0 Å². The molecule has 0 aliphatic heterocycles. The predicted molar refractivity (Wildman–Crippen MR) is 55.8 cm³/mol. The van der Waals surface area contributed by atoms with Crippen LogP contribution in [0.1, 0.15) is 20.8 Å². The zero-order valence-corrected chi connectivity index (χ0v) is 8.59. The van der Waals surface area contributed by atoms with Crippen molar-refractivity contribution in [1.82, 2.24) is 0 Å². The highest BCUT2D eigenvalue weighted by atomic mass is 32.2. The summed E-state index contributed by atoms with van der Waals surface area (Å²) in [6.07, 6.45) is 6.08. The van der Waals surface area contributed by atoms with E-state index < -0.39 is 0 Å². The van der Waals surface area contributed by atoms with Crippen LogP contribution in [0.5, 0.6) is 0 Å². The van der Waals surface area contributed by atoms with Gasteiger partial charge in [-0.15, -0.1) is 11.8 Å². The van der Waals surface area contributed by atoms with Crippen LogP contribution in [0.4, 0.5) is 0 Å². The average molecular weight is 168 g/mol. The highest BCUT2D eigenvalue weighted by Crippen LogP contribution is 2.21. The van der Waals surface area contributed by atoms with Gasteiger partial charge in [0.05, 0.1) is 0 Å². The molecule has 0 saturated heterocycles. The van der Waals surface area contributed by atoms with Gasteiger partial charge in [-0.3, -0.25) is 0 Å². The largest absolute Gasteiger partial charge is 0.134 e. The van der Waals surface area contributed by atoms with Crippen LogP contribution in [-0.2, 0) is 0 Å². The summed E-state index contributed by atoms with van der Waals surface area (Å²) in [6.45, 7) is 10.1. The summed E-state index contributed by atoms with van der Waals surface area (Å²) in [5.74, 6) is 0. The Bertz CT molecular complexity index is 197. The molecular weight excluding hydrogens is 152 g/mol. The number of hydrogen-bond donors (Lipinski definition) is 0. The third-order valence-corrected chi connectivity index (χ3v) is 2.72. The summed E-state index contributed by atoms with van der Waals surface area (Å²) in [4.78, 5) is 1.36. The maximum atomic E-state index is 3.76. The van der Waals surface area contributed by atoms with E-state index in [2.05, 4.69) is 32.8 Å². The van der Waals surface area contributed by atoms with Crippen LogP contribution in [-0.4, -0.2) is 6.26 Å². The molecule has 0 atom stereocenters. The zero-order valence-electron chi connectivity index (χ0n) is 7.77. The first-order valence-electron chi connectivity index (χ1n) is 3.68. The van der Waals surface area contributed by atoms with Gasteiger partial charge < -0.3 is 0 Å². The lowest BCUT2D eigenvalue weighted by Gasteiger charge is -2.04. The first-order chi connectivity index (χ1) is 5.17. The van der Waals surface area contributed by atoms with Gasteiger partial charge in [-0.2, -0.15) is 0 Å². The fourth-order valence-electron chi connectivity index (χ4n) is 0.844. The molecule has 0 aliphatic carbocycles. The van der Waals surface area contributed by atoms with E-state index in [9.17, 15) is 0 Å². The molecule has 0 aliphatic rings. The van der Waals surface area contributed by atoms with Crippen LogP contribution in [0.2, 0.25) is 0 Å². The summed E-state index contributed by atoms with van der Waals surface area (Å²) < 4.78 is 0. The van der Waals surface area contributed by atoms with Crippen LogP contribution in [0.25, 0.3) is 0 Å². The molecule has 0 rings (SSSR count). The van der Waals surface area contributed by atoms with Gasteiger partial charge in [0.25, 0.3) is 0 Å².